The van der Waals surface area contributed by atoms with Crippen LogP contribution in [0.15, 0.2) is 169 Å². The van der Waals surface area contributed by atoms with Crippen LogP contribution in [0.1, 0.15) is 53.3 Å². The fourth-order valence-corrected chi connectivity index (χ4v) is 11.3. The monoisotopic (exact) mass is 774 g/mol. The summed E-state index contributed by atoms with van der Waals surface area (Å²) >= 11 is 1.80. The molecule has 1 atom stereocenters. The molecule has 280 valence electrons. The van der Waals surface area contributed by atoms with Gasteiger partial charge in [-0.3, -0.25) is 0 Å². The Kier molecular flexibility index (Phi) is 7.16. The van der Waals surface area contributed by atoms with Crippen molar-refractivity contribution in [2.24, 2.45) is 4.99 Å². The van der Waals surface area contributed by atoms with E-state index >= 15 is 0 Å². The summed E-state index contributed by atoms with van der Waals surface area (Å²) < 4.78 is 6.22. The average molecular weight is 775 g/mol. The van der Waals surface area contributed by atoms with Gasteiger partial charge in [-0.05, 0) is 119 Å². The van der Waals surface area contributed by atoms with Crippen molar-refractivity contribution < 1.29 is 0 Å². The number of aromatic nitrogens is 2. The summed E-state index contributed by atoms with van der Waals surface area (Å²) in [5.74, 6) is 0.914. The molecule has 1 N–H and O–H groups in total. The first-order valence-electron chi connectivity index (χ1n) is 20.8. The highest BCUT2D eigenvalue weighted by Gasteiger charge is 2.30. The van der Waals surface area contributed by atoms with Gasteiger partial charge < -0.3 is 14.5 Å². The number of benzene rings is 7. The lowest BCUT2D eigenvalue weighted by atomic mass is 9.92. The zero-order valence-electron chi connectivity index (χ0n) is 32.3. The SMILES string of the molecule is C1=CCCC(n2c3c(c4cc(C5NC(c6cccc7cc(-n8c9ccccc9c9cc%10ccccc%10cc98)ccc67)=Nc6sc7ccccc7c65)ccc42)CCC=C3)=C1. The highest BCUT2D eigenvalue weighted by Crippen LogP contribution is 2.47. The lowest BCUT2D eigenvalue weighted by Crippen LogP contribution is -2.32. The van der Waals surface area contributed by atoms with Crippen LogP contribution in [-0.4, -0.2) is 15.0 Å². The van der Waals surface area contributed by atoms with Crippen LogP contribution in [0.5, 0.6) is 0 Å². The van der Waals surface area contributed by atoms with Crippen LogP contribution in [0, 0.1) is 0 Å². The van der Waals surface area contributed by atoms with E-state index in [1.165, 1.54) is 92.4 Å². The van der Waals surface area contributed by atoms with Crippen molar-refractivity contribution in [1.82, 2.24) is 14.5 Å². The molecule has 3 aliphatic rings. The van der Waals surface area contributed by atoms with Crippen LogP contribution < -0.4 is 5.32 Å². The zero-order chi connectivity index (χ0) is 38.6. The van der Waals surface area contributed by atoms with Gasteiger partial charge in [0.1, 0.15) is 10.8 Å². The molecule has 5 heteroatoms. The maximum atomic E-state index is 5.45. The van der Waals surface area contributed by atoms with Crippen LogP contribution in [-0.2, 0) is 6.42 Å². The van der Waals surface area contributed by atoms with E-state index in [1.54, 1.807) is 11.3 Å². The van der Waals surface area contributed by atoms with Gasteiger partial charge in [0.2, 0.25) is 0 Å². The minimum absolute atomic E-state index is 0.0602. The number of nitrogens with zero attached hydrogens (tertiary/aromatic N) is 3. The minimum atomic E-state index is -0.0602. The highest BCUT2D eigenvalue weighted by molar-refractivity contribution is 7.22. The second-order valence-corrected chi connectivity index (χ2v) is 17.2. The fourth-order valence-electron chi connectivity index (χ4n) is 10.2. The number of allylic oxidation sites excluding steroid dienone is 5. The lowest BCUT2D eigenvalue weighted by Gasteiger charge is -2.27. The molecule has 0 radical (unpaired) electrons. The zero-order valence-corrected chi connectivity index (χ0v) is 33.1. The first kappa shape index (κ1) is 33.1. The molecule has 1 aliphatic heterocycles. The predicted molar refractivity (Wildman–Crippen MR) is 251 cm³/mol. The number of fused-ring (bicyclic) bond motifs is 11. The number of hydrogen-bond donors (Lipinski definition) is 1. The second-order valence-electron chi connectivity index (χ2n) is 16.2. The standard InChI is InChI=1S/C54H38N4S/c1-2-16-37(17-3-1)57-46-22-9-6-18-40(46)44-31-36(25-28-48(44)57)52-51-43-20-8-11-24-50(43)59-54(51)56-53(55-52)42-21-12-15-35-29-38(26-27-39(35)42)58-47-23-10-7-19-41(47)45-30-33-13-4-5-14-34(33)32-49(45)58/h1-2,4-5,7-16,19-32,52H,3,6,17-18H2,(H,55,56). The third-order valence-electron chi connectivity index (χ3n) is 12.9. The Balaban J connectivity index is 0.963. The molecule has 0 bridgehead atoms. The summed E-state index contributed by atoms with van der Waals surface area (Å²) in [6.07, 6.45) is 15.7. The molecule has 0 spiro atoms. The van der Waals surface area contributed by atoms with Crippen LogP contribution in [0.4, 0.5) is 5.00 Å². The molecule has 0 amide bonds. The molecule has 0 saturated heterocycles. The molecule has 0 saturated carbocycles. The third kappa shape index (κ3) is 4.98. The molecule has 10 aromatic rings. The summed E-state index contributed by atoms with van der Waals surface area (Å²) in [5.41, 5.74) is 12.7. The molecular formula is C54H38N4S. The van der Waals surface area contributed by atoms with Crippen LogP contribution >= 0.6 is 11.3 Å². The minimum Gasteiger partial charge on any atom is -0.358 e. The van der Waals surface area contributed by atoms with E-state index in [0.29, 0.717) is 0 Å². The van der Waals surface area contributed by atoms with Crippen molar-refractivity contribution in [2.75, 3.05) is 0 Å². The molecule has 13 rings (SSSR count). The summed E-state index contributed by atoms with van der Waals surface area (Å²) in [6.45, 7) is 0. The average Bonchev–Trinajstić information content (AvgIpc) is 3.95. The number of amidine groups is 1. The Morgan fingerprint density at radius 2 is 1.41 bits per heavy atom. The normalized spacial score (nSPS) is 16.2. The van der Waals surface area contributed by atoms with Gasteiger partial charge in [0.15, 0.2) is 0 Å². The Bertz CT molecular complexity index is 3550. The molecule has 7 aromatic carbocycles. The topological polar surface area (TPSA) is 34.2 Å². The summed E-state index contributed by atoms with van der Waals surface area (Å²) in [7, 11) is 0. The number of aryl methyl sites for hydroxylation is 1. The van der Waals surface area contributed by atoms with E-state index in [9.17, 15) is 0 Å². The lowest BCUT2D eigenvalue weighted by molar-refractivity contribution is 0.761. The van der Waals surface area contributed by atoms with E-state index in [4.69, 9.17) is 4.99 Å². The summed E-state index contributed by atoms with van der Waals surface area (Å²) in [5, 5.41) is 15.2. The molecular weight excluding hydrogens is 737 g/mol. The molecule has 0 fully saturated rings. The van der Waals surface area contributed by atoms with Crippen molar-refractivity contribution in [3.05, 3.63) is 192 Å². The Hall–Kier alpha value is -6.95. The van der Waals surface area contributed by atoms with Gasteiger partial charge in [0.05, 0.1) is 22.6 Å². The first-order valence-corrected chi connectivity index (χ1v) is 21.6. The smallest absolute Gasteiger partial charge is 0.136 e. The number of hydrogen-bond acceptors (Lipinski definition) is 3. The van der Waals surface area contributed by atoms with Crippen LogP contribution in [0.3, 0.4) is 0 Å². The van der Waals surface area contributed by atoms with Crippen molar-refractivity contribution in [3.63, 3.8) is 0 Å². The molecule has 4 heterocycles. The van der Waals surface area contributed by atoms with Gasteiger partial charge in [-0.25, -0.2) is 4.99 Å². The van der Waals surface area contributed by atoms with E-state index in [0.717, 1.165) is 47.8 Å². The predicted octanol–water partition coefficient (Wildman–Crippen LogP) is 14.2. The number of nitrogens with one attached hydrogen (secondary N) is 1. The first-order chi connectivity index (χ1) is 29.2. The van der Waals surface area contributed by atoms with Gasteiger partial charge in [-0.1, -0.05) is 109 Å². The van der Waals surface area contributed by atoms with Crippen LogP contribution in [0.25, 0.3) is 81.8 Å². The van der Waals surface area contributed by atoms with Crippen molar-refractivity contribution in [2.45, 2.75) is 31.7 Å². The molecule has 2 aliphatic carbocycles. The number of para-hydroxylation sites is 1. The van der Waals surface area contributed by atoms with E-state index < -0.39 is 0 Å². The van der Waals surface area contributed by atoms with E-state index in [1.807, 2.05) is 0 Å². The van der Waals surface area contributed by atoms with Crippen molar-refractivity contribution >= 4 is 98.3 Å². The van der Waals surface area contributed by atoms with Gasteiger partial charge >= 0.3 is 0 Å². The van der Waals surface area contributed by atoms with Gasteiger partial charge in [0.25, 0.3) is 0 Å². The maximum Gasteiger partial charge on any atom is 0.136 e. The Labute approximate surface area is 345 Å². The maximum absolute atomic E-state index is 5.45. The van der Waals surface area contributed by atoms with E-state index in [2.05, 4.69) is 184 Å². The van der Waals surface area contributed by atoms with Crippen LogP contribution in [0.2, 0.25) is 0 Å². The fraction of sp³-hybridized carbons (Fsp3) is 0.0926. The molecule has 59 heavy (non-hydrogen) atoms. The highest BCUT2D eigenvalue weighted by atomic mass is 32.1. The Morgan fingerprint density at radius 3 is 2.32 bits per heavy atom. The largest absolute Gasteiger partial charge is 0.358 e. The van der Waals surface area contributed by atoms with E-state index in [-0.39, 0.29) is 6.04 Å². The number of aliphatic imine (C=N–C) groups is 1. The number of thiophene rings is 1. The number of rotatable bonds is 4. The van der Waals surface area contributed by atoms with Crippen molar-refractivity contribution in [1.29, 1.82) is 0 Å². The third-order valence-corrected chi connectivity index (χ3v) is 14.0. The molecule has 4 nitrogen and oxygen atoms in total. The Morgan fingerprint density at radius 1 is 0.593 bits per heavy atom. The quantitative estimate of drug-likeness (QED) is 0.190. The van der Waals surface area contributed by atoms with Gasteiger partial charge in [0, 0.05) is 54.5 Å². The molecule has 1 unspecified atom stereocenters. The van der Waals surface area contributed by atoms with Crippen molar-refractivity contribution in [3.8, 4) is 5.69 Å². The second kappa shape index (κ2) is 12.8. The van der Waals surface area contributed by atoms with Gasteiger partial charge in [-0.15, -0.1) is 11.3 Å². The summed E-state index contributed by atoms with van der Waals surface area (Å²) in [4.78, 5) is 5.45. The molecule has 3 aromatic heterocycles. The summed E-state index contributed by atoms with van der Waals surface area (Å²) in [6, 6.07) is 51.7. The van der Waals surface area contributed by atoms with Gasteiger partial charge in [-0.2, -0.15) is 0 Å².